The van der Waals surface area contributed by atoms with E-state index in [1.807, 2.05) is 32.9 Å². The van der Waals surface area contributed by atoms with Crippen molar-refractivity contribution < 1.29 is 14.7 Å². The number of carbonyl (C=O) groups excluding carboxylic acids is 2. The normalized spacial score (nSPS) is 20.1. The van der Waals surface area contributed by atoms with Crippen LogP contribution in [0.2, 0.25) is 0 Å². The van der Waals surface area contributed by atoms with E-state index in [2.05, 4.69) is 32.5 Å². The van der Waals surface area contributed by atoms with Gasteiger partial charge in [-0.3, -0.25) is 9.59 Å². The molecule has 1 saturated carbocycles. The van der Waals surface area contributed by atoms with Crippen molar-refractivity contribution in [2.45, 2.75) is 64.5 Å². The van der Waals surface area contributed by atoms with Gasteiger partial charge in [-0.2, -0.15) is 0 Å². The van der Waals surface area contributed by atoms with Crippen molar-refractivity contribution in [2.24, 2.45) is 5.73 Å². The van der Waals surface area contributed by atoms with Crippen LogP contribution < -0.4 is 21.7 Å². The molecule has 1 heterocycles. The molecule has 0 saturated heterocycles. The number of rotatable bonds is 8. The Hall–Kier alpha value is -3.46. The SMILES string of the molecule is C=CC(=O)Nc1cc(Nc2nc(NC3CCC(C)(O)CC3)c(CC)nc2C(N)=O)ccc1C. The molecule has 1 aromatic heterocycles. The molecule has 2 aromatic rings. The number of nitrogens with zero attached hydrogens (tertiary/aromatic N) is 2. The standard InChI is InChI=1S/C24H32N6O3/c1-5-17-22(26-15-9-11-24(4,33)12-10-15)30-23(20(29-17)21(25)32)27-16-8-7-14(3)18(13-16)28-19(31)6-2/h6-8,13,15,33H,2,5,9-12H2,1,3-4H3,(H2,25,32)(H,28,31)(H2,26,27,30). The minimum atomic E-state index is -0.688. The Morgan fingerprint density at radius 2 is 1.97 bits per heavy atom. The van der Waals surface area contributed by atoms with E-state index in [1.165, 1.54) is 6.08 Å². The number of hydrogen-bond donors (Lipinski definition) is 5. The van der Waals surface area contributed by atoms with E-state index in [1.54, 1.807) is 6.07 Å². The first-order chi connectivity index (χ1) is 15.6. The van der Waals surface area contributed by atoms with Crippen LogP contribution in [0.5, 0.6) is 0 Å². The summed E-state index contributed by atoms with van der Waals surface area (Å²) in [5.41, 5.74) is 7.74. The highest BCUT2D eigenvalue weighted by Crippen LogP contribution is 2.31. The summed E-state index contributed by atoms with van der Waals surface area (Å²) in [5, 5.41) is 19.5. The van der Waals surface area contributed by atoms with Gasteiger partial charge in [0, 0.05) is 17.4 Å². The smallest absolute Gasteiger partial charge is 0.271 e. The Morgan fingerprint density at radius 3 is 2.58 bits per heavy atom. The first-order valence-electron chi connectivity index (χ1n) is 11.1. The first kappa shape index (κ1) is 24.2. The first-order valence-corrected chi connectivity index (χ1v) is 11.1. The highest BCUT2D eigenvalue weighted by atomic mass is 16.3. The summed E-state index contributed by atoms with van der Waals surface area (Å²) in [6, 6.07) is 5.55. The third kappa shape index (κ3) is 6.07. The van der Waals surface area contributed by atoms with Gasteiger partial charge in [0.25, 0.3) is 5.91 Å². The summed E-state index contributed by atoms with van der Waals surface area (Å²) in [6.07, 6.45) is 4.79. The van der Waals surface area contributed by atoms with Crippen LogP contribution in [-0.4, -0.2) is 38.5 Å². The number of amides is 2. The van der Waals surface area contributed by atoms with E-state index in [0.29, 0.717) is 42.1 Å². The van der Waals surface area contributed by atoms with Gasteiger partial charge in [0.05, 0.1) is 11.3 Å². The van der Waals surface area contributed by atoms with E-state index in [9.17, 15) is 14.7 Å². The molecule has 6 N–H and O–H groups in total. The van der Waals surface area contributed by atoms with Gasteiger partial charge < -0.3 is 26.8 Å². The number of nitrogens with one attached hydrogen (secondary N) is 3. The molecule has 0 spiro atoms. The van der Waals surface area contributed by atoms with E-state index in [0.717, 1.165) is 18.4 Å². The van der Waals surface area contributed by atoms with Crippen molar-refractivity contribution >= 4 is 34.8 Å². The van der Waals surface area contributed by atoms with Gasteiger partial charge in [-0.25, -0.2) is 9.97 Å². The van der Waals surface area contributed by atoms with Crippen molar-refractivity contribution in [2.75, 3.05) is 16.0 Å². The van der Waals surface area contributed by atoms with Gasteiger partial charge in [-0.05, 0) is 69.7 Å². The number of carbonyl (C=O) groups is 2. The van der Waals surface area contributed by atoms with Crippen LogP contribution in [0.25, 0.3) is 0 Å². The number of hydrogen-bond acceptors (Lipinski definition) is 7. The summed E-state index contributed by atoms with van der Waals surface area (Å²) in [6.45, 7) is 9.14. The highest BCUT2D eigenvalue weighted by Gasteiger charge is 2.29. The second kappa shape index (κ2) is 9.99. The lowest BCUT2D eigenvalue weighted by atomic mass is 9.83. The average Bonchev–Trinajstić information content (AvgIpc) is 2.77. The molecule has 3 rings (SSSR count). The van der Waals surface area contributed by atoms with Crippen molar-refractivity contribution in [3.8, 4) is 0 Å². The van der Waals surface area contributed by atoms with Crippen molar-refractivity contribution in [3.05, 3.63) is 47.8 Å². The molecule has 0 atom stereocenters. The molecule has 33 heavy (non-hydrogen) atoms. The van der Waals surface area contributed by atoms with Crippen LogP contribution in [-0.2, 0) is 11.2 Å². The maximum atomic E-state index is 12.1. The van der Waals surface area contributed by atoms with Gasteiger partial charge >= 0.3 is 0 Å². The molecule has 1 aliphatic carbocycles. The second-order valence-corrected chi connectivity index (χ2v) is 8.70. The van der Waals surface area contributed by atoms with Gasteiger partial charge in [-0.1, -0.05) is 19.6 Å². The Morgan fingerprint density at radius 1 is 1.27 bits per heavy atom. The minimum Gasteiger partial charge on any atom is -0.390 e. The lowest BCUT2D eigenvalue weighted by molar-refractivity contribution is -0.111. The van der Waals surface area contributed by atoms with Crippen LogP contribution in [0, 0.1) is 6.92 Å². The van der Waals surface area contributed by atoms with Crippen molar-refractivity contribution in [1.29, 1.82) is 0 Å². The predicted molar refractivity (Wildman–Crippen MR) is 130 cm³/mol. The van der Waals surface area contributed by atoms with Crippen molar-refractivity contribution in [3.63, 3.8) is 0 Å². The van der Waals surface area contributed by atoms with Crippen LogP contribution in [0.15, 0.2) is 30.9 Å². The molecule has 0 radical (unpaired) electrons. The Bertz CT molecular complexity index is 1060. The average molecular weight is 453 g/mol. The number of primary amides is 1. The molecule has 1 aliphatic rings. The Kier molecular flexibility index (Phi) is 7.33. The van der Waals surface area contributed by atoms with E-state index >= 15 is 0 Å². The molecular formula is C24H32N6O3. The molecular weight excluding hydrogens is 420 g/mol. The summed E-state index contributed by atoms with van der Waals surface area (Å²) in [5.74, 6) is -0.191. The summed E-state index contributed by atoms with van der Waals surface area (Å²) in [7, 11) is 0. The molecule has 1 aromatic carbocycles. The summed E-state index contributed by atoms with van der Waals surface area (Å²) < 4.78 is 0. The van der Waals surface area contributed by atoms with Gasteiger partial charge in [0.15, 0.2) is 11.5 Å². The largest absolute Gasteiger partial charge is 0.390 e. The molecule has 1 fully saturated rings. The maximum absolute atomic E-state index is 12.1. The number of nitrogens with two attached hydrogens (primary N) is 1. The van der Waals surface area contributed by atoms with Gasteiger partial charge in [-0.15, -0.1) is 0 Å². The highest BCUT2D eigenvalue weighted by molar-refractivity contribution is 6.00. The molecule has 2 amide bonds. The second-order valence-electron chi connectivity index (χ2n) is 8.70. The lowest BCUT2D eigenvalue weighted by Gasteiger charge is -2.34. The molecule has 0 bridgehead atoms. The number of aryl methyl sites for hydroxylation is 2. The maximum Gasteiger partial charge on any atom is 0.271 e. The summed E-state index contributed by atoms with van der Waals surface area (Å²) >= 11 is 0. The molecule has 0 unspecified atom stereocenters. The molecule has 9 nitrogen and oxygen atoms in total. The van der Waals surface area contributed by atoms with Crippen LogP contribution in [0.3, 0.4) is 0 Å². The van der Waals surface area contributed by atoms with E-state index in [-0.39, 0.29) is 23.5 Å². The Balaban J connectivity index is 1.91. The number of aromatic nitrogens is 2. The zero-order valence-electron chi connectivity index (χ0n) is 19.4. The molecule has 0 aliphatic heterocycles. The number of anilines is 4. The van der Waals surface area contributed by atoms with Gasteiger partial charge in [0.1, 0.15) is 5.82 Å². The zero-order chi connectivity index (χ0) is 24.2. The van der Waals surface area contributed by atoms with Gasteiger partial charge in [0.2, 0.25) is 5.91 Å². The fourth-order valence-corrected chi connectivity index (χ4v) is 3.82. The topological polar surface area (TPSA) is 142 Å². The number of aliphatic hydroxyl groups is 1. The molecule has 9 heteroatoms. The monoisotopic (exact) mass is 452 g/mol. The third-order valence-electron chi connectivity index (χ3n) is 5.88. The van der Waals surface area contributed by atoms with Crippen LogP contribution in [0.4, 0.5) is 23.0 Å². The third-order valence-corrected chi connectivity index (χ3v) is 5.88. The number of benzene rings is 1. The van der Waals surface area contributed by atoms with Crippen LogP contribution in [0.1, 0.15) is 61.3 Å². The fourth-order valence-electron chi connectivity index (χ4n) is 3.82. The van der Waals surface area contributed by atoms with E-state index < -0.39 is 11.5 Å². The van der Waals surface area contributed by atoms with Crippen LogP contribution >= 0.6 is 0 Å². The zero-order valence-corrected chi connectivity index (χ0v) is 19.4. The molecule has 176 valence electrons. The lowest BCUT2D eigenvalue weighted by Crippen LogP contribution is -2.36. The fraction of sp³-hybridized carbons (Fsp3) is 0.417. The predicted octanol–water partition coefficient (Wildman–Crippen LogP) is 3.42. The van der Waals surface area contributed by atoms with Crippen molar-refractivity contribution in [1.82, 2.24) is 9.97 Å². The quantitative estimate of drug-likeness (QED) is 0.386. The summed E-state index contributed by atoms with van der Waals surface area (Å²) in [4.78, 5) is 33.0. The Labute approximate surface area is 193 Å². The minimum absolute atomic E-state index is 0.0428. The van der Waals surface area contributed by atoms with E-state index in [4.69, 9.17) is 5.73 Å².